The maximum atomic E-state index is 13.2. The molecule has 0 bridgehead atoms. The Labute approximate surface area is 176 Å². The zero-order chi connectivity index (χ0) is 22.8. The minimum Gasteiger partial charge on any atom is -0.335 e. The number of nitrogens with one attached hydrogen (secondary N) is 1. The molecule has 2 unspecified atom stereocenters. The van der Waals surface area contributed by atoms with Gasteiger partial charge in [0.15, 0.2) is 0 Å². The summed E-state index contributed by atoms with van der Waals surface area (Å²) in [7, 11) is 1.78. The van der Waals surface area contributed by atoms with Crippen molar-refractivity contribution in [1.82, 2.24) is 10.2 Å². The van der Waals surface area contributed by atoms with Crippen LogP contribution in [0.1, 0.15) is 39.9 Å². The molecule has 168 valence electrons. The lowest BCUT2D eigenvalue weighted by atomic mass is 9.91. The highest BCUT2D eigenvalue weighted by atomic mass is 19.4. The highest BCUT2D eigenvalue weighted by Gasteiger charge is 2.39. The third kappa shape index (κ3) is 5.58. The number of hydrogen-bond acceptors (Lipinski definition) is 2. The molecule has 9 heteroatoms. The van der Waals surface area contributed by atoms with E-state index in [-0.39, 0.29) is 24.7 Å². The molecule has 0 aromatic heterocycles. The fourth-order valence-electron chi connectivity index (χ4n) is 3.90. The molecule has 31 heavy (non-hydrogen) atoms. The third-order valence-electron chi connectivity index (χ3n) is 5.53. The predicted molar refractivity (Wildman–Crippen MR) is 103 cm³/mol. The van der Waals surface area contributed by atoms with Gasteiger partial charge in [-0.05, 0) is 50.1 Å². The highest BCUT2D eigenvalue weighted by molar-refractivity contribution is 5.95. The van der Waals surface area contributed by atoms with E-state index in [0.29, 0.717) is 31.4 Å². The van der Waals surface area contributed by atoms with Crippen LogP contribution < -0.4 is 5.32 Å². The topological polar surface area (TPSA) is 32.3 Å². The van der Waals surface area contributed by atoms with Crippen LogP contribution in [0.4, 0.5) is 26.3 Å². The molecule has 1 N–H and O–H groups in total. The van der Waals surface area contributed by atoms with Gasteiger partial charge in [-0.25, -0.2) is 0 Å². The lowest BCUT2D eigenvalue weighted by Gasteiger charge is -2.40. The molecule has 1 heterocycles. The van der Waals surface area contributed by atoms with Crippen LogP contribution in [0.5, 0.6) is 0 Å². The van der Waals surface area contributed by atoms with E-state index in [2.05, 4.69) is 5.32 Å². The Morgan fingerprint density at radius 2 is 1.58 bits per heavy atom. The van der Waals surface area contributed by atoms with Crippen molar-refractivity contribution >= 4 is 5.91 Å². The summed E-state index contributed by atoms with van der Waals surface area (Å²) < 4.78 is 79.2. The van der Waals surface area contributed by atoms with Crippen molar-refractivity contribution in [2.24, 2.45) is 0 Å². The second-order valence-electron chi connectivity index (χ2n) is 7.65. The average molecular weight is 444 g/mol. The summed E-state index contributed by atoms with van der Waals surface area (Å²) in [5, 5.41) is 3.14. The first-order valence-corrected chi connectivity index (χ1v) is 9.80. The summed E-state index contributed by atoms with van der Waals surface area (Å²) in [5.41, 5.74) is -2.66. The van der Waals surface area contributed by atoms with Gasteiger partial charge in [0.25, 0.3) is 5.91 Å². The van der Waals surface area contributed by atoms with E-state index in [1.54, 1.807) is 7.05 Å². The quantitative estimate of drug-likeness (QED) is 0.661. The second kappa shape index (κ2) is 8.90. The van der Waals surface area contributed by atoms with Crippen LogP contribution in [0.25, 0.3) is 0 Å². The predicted octanol–water partition coefficient (Wildman–Crippen LogP) is 5.16. The van der Waals surface area contributed by atoms with E-state index in [1.807, 2.05) is 30.3 Å². The average Bonchev–Trinajstić information content (AvgIpc) is 2.72. The van der Waals surface area contributed by atoms with Crippen molar-refractivity contribution in [3.63, 3.8) is 0 Å². The number of carbonyl (C=O) groups is 1. The molecule has 2 aromatic carbocycles. The third-order valence-corrected chi connectivity index (χ3v) is 5.53. The Morgan fingerprint density at radius 1 is 1.00 bits per heavy atom. The van der Waals surface area contributed by atoms with E-state index < -0.39 is 35.0 Å². The number of amides is 1. The van der Waals surface area contributed by atoms with Crippen LogP contribution in [0.2, 0.25) is 0 Å². The Hall–Kier alpha value is -2.55. The van der Waals surface area contributed by atoms with Gasteiger partial charge in [-0.3, -0.25) is 4.79 Å². The molecule has 2 aromatic rings. The van der Waals surface area contributed by atoms with Crippen molar-refractivity contribution < 1.29 is 31.1 Å². The molecule has 1 saturated heterocycles. The normalized spacial score (nSPS) is 20.0. The Morgan fingerprint density at radius 3 is 2.10 bits per heavy atom. The number of hydrogen-bond donors (Lipinski definition) is 1. The zero-order valence-corrected chi connectivity index (χ0v) is 16.7. The van der Waals surface area contributed by atoms with Crippen LogP contribution in [-0.4, -0.2) is 36.5 Å². The number of benzene rings is 2. The number of rotatable bonds is 4. The maximum Gasteiger partial charge on any atom is 0.416 e. The van der Waals surface area contributed by atoms with Gasteiger partial charge in [0.1, 0.15) is 0 Å². The Bertz CT molecular complexity index is 878. The van der Waals surface area contributed by atoms with Crippen LogP contribution in [0.3, 0.4) is 0 Å². The lowest BCUT2D eigenvalue weighted by molar-refractivity contribution is -0.143. The molecule has 1 fully saturated rings. The van der Waals surface area contributed by atoms with Gasteiger partial charge in [0, 0.05) is 24.2 Å². The minimum atomic E-state index is -5.00. The van der Waals surface area contributed by atoms with Gasteiger partial charge in [-0.2, -0.15) is 26.3 Å². The van der Waals surface area contributed by atoms with Gasteiger partial charge < -0.3 is 10.2 Å². The van der Waals surface area contributed by atoms with Crippen LogP contribution in [-0.2, 0) is 18.8 Å². The van der Waals surface area contributed by atoms with Crippen molar-refractivity contribution in [1.29, 1.82) is 0 Å². The molecule has 0 saturated carbocycles. The second-order valence-corrected chi connectivity index (χ2v) is 7.65. The summed E-state index contributed by atoms with van der Waals surface area (Å²) in [6, 6.07) is 10.0. The summed E-state index contributed by atoms with van der Waals surface area (Å²) in [6.45, 7) is 0.236. The highest BCUT2D eigenvalue weighted by Crippen LogP contribution is 2.37. The summed E-state index contributed by atoms with van der Waals surface area (Å²) >= 11 is 0. The number of likely N-dealkylation sites (tertiary alicyclic amines) is 1. The molecule has 1 aliphatic heterocycles. The van der Waals surface area contributed by atoms with Gasteiger partial charge in [0.2, 0.25) is 0 Å². The molecule has 3 nitrogen and oxygen atoms in total. The molecule has 3 rings (SSSR count). The fourth-order valence-corrected chi connectivity index (χ4v) is 3.90. The van der Waals surface area contributed by atoms with Crippen molar-refractivity contribution in [3.05, 3.63) is 70.8 Å². The van der Waals surface area contributed by atoms with E-state index in [1.165, 1.54) is 4.90 Å². The summed E-state index contributed by atoms with van der Waals surface area (Å²) in [6.07, 6.45) is -8.45. The standard InChI is InChI=1S/C22H22F6N2O/c1-29-18-7-8-30(19(13-18)9-14-5-3-2-4-6-14)20(31)15-10-16(21(23,24)25)12-17(11-15)22(26,27)28/h2-6,10-12,18-19,29H,7-9,13H2,1H3. The number of piperidine rings is 1. The number of nitrogens with zero attached hydrogens (tertiary/aromatic N) is 1. The van der Waals surface area contributed by atoms with Crippen LogP contribution >= 0.6 is 0 Å². The molecule has 0 aliphatic carbocycles. The Kier molecular flexibility index (Phi) is 6.64. The molecule has 0 spiro atoms. The minimum absolute atomic E-state index is 0.0332. The number of halogens is 6. The molecule has 2 atom stereocenters. The van der Waals surface area contributed by atoms with E-state index in [0.717, 1.165) is 5.56 Å². The van der Waals surface area contributed by atoms with E-state index in [9.17, 15) is 31.1 Å². The molecule has 1 aliphatic rings. The van der Waals surface area contributed by atoms with Gasteiger partial charge >= 0.3 is 12.4 Å². The first-order valence-electron chi connectivity index (χ1n) is 9.80. The zero-order valence-electron chi connectivity index (χ0n) is 16.7. The molecular weight excluding hydrogens is 422 g/mol. The molecule has 1 amide bonds. The Balaban J connectivity index is 1.96. The first kappa shape index (κ1) is 23.1. The van der Waals surface area contributed by atoms with Crippen molar-refractivity contribution in [2.75, 3.05) is 13.6 Å². The molecular formula is C22H22F6N2O. The van der Waals surface area contributed by atoms with Crippen LogP contribution in [0, 0.1) is 0 Å². The SMILES string of the molecule is CNC1CCN(C(=O)c2cc(C(F)(F)F)cc(C(F)(F)F)c2)C(Cc2ccccc2)C1. The fraction of sp³-hybridized carbons (Fsp3) is 0.409. The summed E-state index contributed by atoms with van der Waals surface area (Å²) in [5.74, 6) is -0.827. The van der Waals surface area contributed by atoms with Crippen molar-refractivity contribution in [2.45, 2.75) is 43.7 Å². The van der Waals surface area contributed by atoms with E-state index >= 15 is 0 Å². The first-order chi connectivity index (χ1) is 14.5. The maximum absolute atomic E-state index is 13.2. The summed E-state index contributed by atoms with van der Waals surface area (Å²) in [4.78, 5) is 14.5. The lowest BCUT2D eigenvalue weighted by Crippen LogP contribution is -2.51. The monoisotopic (exact) mass is 444 g/mol. The van der Waals surface area contributed by atoms with Gasteiger partial charge in [0.05, 0.1) is 11.1 Å². The van der Waals surface area contributed by atoms with Gasteiger partial charge in [-0.1, -0.05) is 30.3 Å². The van der Waals surface area contributed by atoms with Crippen LogP contribution in [0.15, 0.2) is 48.5 Å². The molecule has 0 radical (unpaired) electrons. The largest absolute Gasteiger partial charge is 0.416 e. The van der Waals surface area contributed by atoms with Gasteiger partial charge in [-0.15, -0.1) is 0 Å². The smallest absolute Gasteiger partial charge is 0.335 e. The number of alkyl halides is 6. The van der Waals surface area contributed by atoms with E-state index in [4.69, 9.17) is 0 Å². The van der Waals surface area contributed by atoms with Crippen molar-refractivity contribution in [3.8, 4) is 0 Å². The number of carbonyl (C=O) groups excluding carboxylic acids is 1.